The Balaban J connectivity index is 2.58. The SMILES string of the molecule is CCNC(CCN(C)CCC(C)C)c1ccc(C)c(F)c1. The molecule has 0 saturated heterocycles. The predicted octanol–water partition coefficient (Wildman–Crippen LogP) is 4.15. The Labute approximate surface area is 129 Å². The van der Waals surface area contributed by atoms with Crippen molar-refractivity contribution >= 4 is 0 Å². The molecule has 0 aliphatic carbocycles. The van der Waals surface area contributed by atoms with Gasteiger partial charge in [0.2, 0.25) is 0 Å². The van der Waals surface area contributed by atoms with Crippen LogP contribution < -0.4 is 5.32 Å². The lowest BCUT2D eigenvalue weighted by molar-refractivity contribution is 0.290. The van der Waals surface area contributed by atoms with Crippen LogP contribution in [-0.2, 0) is 0 Å². The third kappa shape index (κ3) is 6.58. The maximum absolute atomic E-state index is 13.8. The zero-order valence-electron chi connectivity index (χ0n) is 14.2. The summed E-state index contributed by atoms with van der Waals surface area (Å²) in [5.74, 6) is 0.631. The van der Waals surface area contributed by atoms with E-state index >= 15 is 0 Å². The van der Waals surface area contributed by atoms with Gasteiger partial charge in [0.15, 0.2) is 0 Å². The minimum absolute atomic E-state index is 0.108. The molecule has 1 atom stereocenters. The highest BCUT2D eigenvalue weighted by Crippen LogP contribution is 2.20. The molecule has 1 N–H and O–H groups in total. The fourth-order valence-electron chi connectivity index (χ4n) is 2.40. The number of halogens is 1. The van der Waals surface area contributed by atoms with Crippen molar-refractivity contribution in [2.45, 2.75) is 46.6 Å². The second kappa shape index (κ2) is 9.16. The van der Waals surface area contributed by atoms with E-state index in [0.717, 1.165) is 37.5 Å². The summed E-state index contributed by atoms with van der Waals surface area (Å²) in [6, 6.07) is 5.82. The zero-order valence-corrected chi connectivity index (χ0v) is 14.2. The highest BCUT2D eigenvalue weighted by Gasteiger charge is 2.13. The van der Waals surface area contributed by atoms with Crippen molar-refractivity contribution in [3.8, 4) is 0 Å². The average Bonchev–Trinajstić information content (AvgIpc) is 2.44. The van der Waals surface area contributed by atoms with Gasteiger partial charge in [-0.15, -0.1) is 0 Å². The van der Waals surface area contributed by atoms with Crippen LogP contribution in [0.1, 0.15) is 50.8 Å². The molecule has 0 aromatic heterocycles. The van der Waals surface area contributed by atoms with Gasteiger partial charge in [-0.25, -0.2) is 4.39 Å². The van der Waals surface area contributed by atoms with Gasteiger partial charge >= 0.3 is 0 Å². The first-order valence-electron chi connectivity index (χ1n) is 8.12. The normalized spacial score (nSPS) is 13.1. The molecule has 0 amide bonds. The van der Waals surface area contributed by atoms with Crippen molar-refractivity contribution in [1.82, 2.24) is 10.2 Å². The van der Waals surface area contributed by atoms with Gasteiger partial charge in [0.05, 0.1) is 0 Å². The molecule has 0 saturated carbocycles. The van der Waals surface area contributed by atoms with Crippen molar-refractivity contribution in [3.05, 3.63) is 35.1 Å². The van der Waals surface area contributed by atoms with Crippen LogP contribution in [0.25, 0.3) is 0 Å². The molecule has 0 bridgehead atoms. The minimum Gasteiger partial charge on any atom is -0.310 e. The number of rotatable bonds is 9. The first kappa shape index (κ1) is 18.1. The van der Waals surface area contributed by atoms with Gasteiger partial charge in [-0.3, -0.25) is 0 Å². The number of hydrogen-bond donors (Lipinski definition) is 1. The molecule has 0 aliphatic rings. The number of aryl methyl sites for hydroxylation is 1. The molecule has 21 heavy (non-hydrogen) atoms. The van der Waals surface area contributed by atoms with Gasteiger partial charge in [0.1, 0.15) is 5.82 Å². The van der Waals surface area contributed by atoms with E-state index in [-0.39, 0.29) is 11.9 Å². The molecule has 1 aromatic carbocycles. The van der Waals surface area contributed by atoms with Crippen molar-refractivity contribution in [2.24, 2.45) is 5.92 Å². The molecular weight excluding hydrogens is 263 g/mol. The third-order valence-electron chi connectivity index (χ3n) is 3.94. The van der Waals surface area contributed by atoms with Crippen LogP contribution in [0.3, 0.4) is 0 Å². The summed E-state index contributed by atoms with van der Waals surface area (Å²) < 4.78 is 13.8. The molecule has 0 radical (unpaired) electrons. The monoisotopic (exact) mass is 294 g/mol. The van der Waals surface area contributed by atoms with E-state index in [1.807, 2.05) is 12.1 Å². The lowest BCUT2D eigenvalue weighted by Crippen LogP contribution is -2.28. The molecular formula is C18H31FN2. The zero-order chi connectivity index (χ0) is 15.8. The molecule has 1 unspecified atom stereocenters. The molecule has 0 fully saturated rings. The van der Waals surface area contributed by atoms with Crippen molar-refractivity contribution in [1.29, 1.82) is 0 Å². The van der Waals surface area contributed by atoms with Gasteiger partial charge in [-0.2, -0.15) is 0 Å². The Kier molecular flexibility index (Phi) is 7.91. The molecule has 2 nitrogen and oxygen atoms in total. The van der Waals surface area contributed by atoms with Crippen LogP contribution in [0.15, 0.2) is 18.2 Å². The fraction of sp³-hybridized carbons (Fsp3) is 0.667. The fourth-order valence-corrected chi connectivity index (χ4v) is 2.40. The molecule has 0 spiro atoms. The number of benzene rings is 1. The molecule has 1 aromatic rings. The Morgan fingerprint density at radius 2 is 1.86 bits per heavy atom. The topological polar surface area (TPSA) is 15.3 Å². The van der Waals surface area contributed by atoms with Crippen LogP contribution in [0, 0.1) is 18.7 Å². The highest BCUT2D eigenvalue weighted by molar-refractivity contribution is 5.25. The van der Waals surface area contributed by atoms with Crippen molar-refractivity contribution in [2.75, 3.05) is 26.7 Å². The van der Waals surface area contributed by atoms with E-state index in [4.69, 9.17) is 0 Å². The van der Waals surface area contributed by atoms with E-state index < -0.39 is 0 Å². The lowest BCUT2D eigenvalue weighted by Gasteiger charge is -2.23. The Morgan fingerprint density at radius 3 is 2.43 bits per heavy atom. The summed E-state index contributed by atoms with van der Waals surface area (Å²) >= 11 is 0. The van der Waals surface area contributed by atoms with Crippen LogP contribution in [0.5, 0.6) is 0 Å². The van der Waals surface area contributed by atoms with Gasteiger partial charge in [0, 0.05) is 6.04 Å². The van der Waals surface area contributed by atoms with Crippen LogP contribution >= 0.6 is 0 Å². The summed E-state index contributed by atoms with van der Waals surface area (Å²) in [6.07, 6.45) is 2.23. The highest BCUT2D eigenvalue weighted by atomic mass is 19.1. The average molecular weight is 294 g/mol. The summed E-state index contributed by atoms with van der Waals surface area (Å²) in [5, 5.41) is 3.47. The quantitative estimate of drug-likeness (QED) is 0.736. The standard InChI is InChI=1S/C18H31FN2/c1-6-20-18(10-12-21(5)11-9-14(2)3)16-8-7-15(4)17(19)13-16/h7-8,13-14,18,20H,6,9-12H2,1-5H3. The van der Waals surface area contributed by atoms with Crippen molar-refractivity contribution < 1.29 is 4.39 Å². The maximum Gasteiger partial charge on any atom is 0.126 e. The van der Waals surface area contributed by atoms with Crippen molar-refractivity contribution in [3.63, 3.8) is 0 Å². The summed E-state index contributed by atoms with van der Waals surface area (Å²) in [4.78, 5) is 2.37. The Bertz CT molecular complexity index is 418. The largest absolute Gasteiger partial charge is 0.310 e. The molecule has 1 rings (SSSR count). The summed E-state index contributed by atoms with van der Waals surface area (Å²) in [7, 11) is 2.17. The van der Waals surface area contributed by atoms with E-state index in [1.165, 1.54) is 6.42 Å². The number of nitrogens with one attached hydrogen (secondary N) is 1. The maximum atomic E-state index is 13.8. The van der Waals surface area contributed by atoms with Crippen LogP contribution in [0.2, 0.25) is 0 Å². The lowest BCUT2D eigenvalue weighted by atomic mass is 10.0. The number of nitrogens with zero attached hydrogens (tertiary/aromatic N) is 1. The molecule has 0 heterocycles. The van der Waals surface area contributed by atoms with E-state index in [2.05, 4.69) is 38.0 Å². The third-order valence-corrected chi connectivity index (χ3v) is 3.94. The van der Waals surface area contributed by atoms with Gasteiger partial charge in [-0.05, 0) is 69.6 Å². The van der Waals surface area contributed by atoms with E-state index in [0.29, 0.717) is 5.56 Å². The minimum atomic E-state index is -0.108. The van der Waals surface area contributed by atoms with Crippen LogP contribution in [-0.4, -0.2) is 31.6 Å². The van der Waals surface area contributed by atoms with Gasteiger partial charge in [-0.1, -0.05) is 32.9 Å². The van der Waals surface area contributed by atoms with Gasteiger partial charge in [0.25, 0.3) is 0 Å². The summed E-state index contributed by atoms with van der Waals surface area (Å²) in [6.45, 7) is 11.5. The smallest absolute Gasteiger partial charge is 0.126 e. The summed E-state index contributed by atoms with van der Waals surface area (Å²) in [5.41, 5.74) is 1.76. The number of hydrogen-bond acceptors (Lipinski definition) is 2. The van der Waals surface area contributed by atoms with Crippen LogP contribution in [0.4, 0.5) is 4.39 Å². The van der Waals surface area contributed by atoms with E-state index in [1.54, 1.807) is 13.0 Å². The first-order valence-corrected chi connectivity index (χ1v) is 8.12. The Morgan fingerprint density at radius 1 is 1.19 bits per heavy atom. The second-order valence-corrected chi connectivity index (χ2v) is 6.39. The second-order valence-electron chi connectivity index (χ2n) is 6.39. The van der Waals surface area contributed by atoms with Gasteiger partial charge < -0.3 is 10.2 Å². The molecule has 0 aliphatic heterocycles. The molecule has 3 heteroatoms. The predicted molar refractivity (Wildman–Crippen MR) is 89.1 cm³/mol. The van der Waals surface area contributed by atoms with E-state index in [9.17, 15) is 4.39 Å². The Hall–Kier alpha value is -0.930. The first-order chi connectivity index (χ1) is 9.93. The molecule has 120 valence electrons.